The molecule has 1 fully saturated rings. The quantitative estimate of drug-likeness (QED) is 0.333. The number of fused-ring (bicyclic) bond motifs is 1. The van der Waals surface area contributed by atoms with Gasteiger partial charge in [0.1, 0.15) is 5.75 Å². The van der Waals surface area contributed by atoms with Gasteiger partial charge in [0.15, 0.2) is 28.5 Å². The Balaban J connectivity index is 1.54. The summed E-state index contributed by atoms with van der Waals surface area (Å²) < 4.78 is 5.00. The van der Waals surface area contributed by atoms with Crippen molar-refractivity contribution < 1.29 is 14.9 Å². The third-order valence-corrected chi connectivity index (χ3v) is 5.12. The van der Waals surface area contributed by atoms with E-state index >= 15 is 0 Å². The van der Waals surface area contributed by atoms with Crippen LogP contribution in [0.5, 0.6) is 17.2 Å². The Labute approximate surface area is 166 Å². The van der Waals surface area contributed by atoms with Gasteiger partial charge in [-0.25, -0.2) is 5.10 Å². The third kappa shape index (κ3) is 4.09. The van der Waals surface area contributed by atoms with Crippen molar-refractivity contribution in [1.29, 1.82) is 0 Å². The van der Waals surface area contributed by atoms with Gasteiger partial charge in [-0.1, -0.05) is 5.21 Å². The minimum Gasteiger partial charge on any atom is -0.507 e. The second-order valence-electron chi connectivity index (χ2n) is 7.17. The van der Waals surface area contributed by atoms with Crippen molar-refractivity contribution in [1.82, 2.24) is 25.4 Å². The second-order valence-corrected chi connectivity index (χ2v) is 7.17. The summed E-state index contributed by atoms with van der Waals surface area (Å²) in [5, 5.41) is 37.2. The summed E-state index contributed by atoms with van der Waals surface area (Å²) in [6.07, 6.45) is 3.87. The third-order valence-electron chi connectivity index (χ3n) is 5.12. The van der Waals surface area contributed by atoms with Crippen molar-refractivity contribution in [3.8, 4) is 17.2 Å². The van der Waals surface area contributed by atoms with Gasteiger partial charge in [-0.3, -0.25) is 0 Å². The molecule has 0 atom stereocenters. The van der Waals surface area contributed by atoms with Gasteiger partial charge in [-0.05, 0) is 31.7 Å². The molecule has 154 valence electrons. The monoisotopic (exact) mass is 400 g/mol. The molecule has 11 nitrogen and oxygen atoms in total. The molecule has 1 aliphatic rings. The summed E-state index contributed by atoms with van der Waals surface area (Å²) in [5.74, 6) is 1.07. The van der Waals surface area contributed by atoms with Crippen molar-refractivity contribution in [3.63, 3.8) is 0 Å². The number of nitrogens with zero attached hydrogens (tertiary/aromatic N) is 4. The molecule has 0 aliphatic heterocycles. The van der Waals surface area contributed by atoms with Gasteiger partial charge in [0, 0.05) is 30.3 Å². The molecule has 0 bridgehead atoms. The van der Waals surface area contributed by atoms with E-state index in [0.717, 1.165) is 25.7 Å². The second kappa shape index (κ2) is 7.95. The Morgan fingerprint density at radius 1 is 1.17 bits per heavy atom. The molecule has 0 saturated heterocycles. The van der Waals surface area contributed by atoms with E-state index in [1.807, 2.05) is 0 Å². The van der Waals surface area contributed by atoms with Gasteiger partial charge in [0.05, 0.1) is 7.11 Å². The Morgan fingerprint density at radius 3 is 2.72 bits per heavy atom. The van der Waals surface area contributed by atoms with Crippen LogP contribution in [0.1, 0.15) is 31.2 Å². The predicted molar refractivity (Wildman–Crippen MR) is 107 cm³/mol. The molecule has 11 heteroatoms. The molecular formula is C18H24N8O3. The summed E-state index contributed by atoms with van der Waals surface area (Å²) in [6.45, 7) is 0.208. The lowest BCUT2D eigenvalue weighted by Crippen LogP contribution is -2.33. The predicted octanol–water partition coefficient (Wildman–Crippen LogP) is 1.46. The van der Waals surface area contributed by atoms with Crippen LogP contribution in [0.25, 0.3) is 11.2 Å². The number of ether oxygens (including phenoxy) is 1. The van der Waals surface area contributed by atoms with Crippen LogP contribution >= 0.6 is 0 Å². The molecular weight excluding hydrogens is 376 g/mol. The molecule has 0 spiro atoms. The van der Waals surface area contributed by atoms with Crippen LogP contribution in [0.4, 0.5) is 11.8 Å². The number of aromatic hydroxyl groups is 2. The normalized spacial score (nSPS) is 19.2. The minimum atomic E-state index is -0.0609. The lowest BCUT2D eigenvalue weighted by atomic mass is 9.92. The number of benzene rings is 1. The minimum absolute atomic E-state index is 0.00510. The zero-order valence-corrected chi connectivity index (χ0v) is 16.0. The highest BCUT2D eigenvalue weighted by atomic mass is 16.5. The van der Waals surface area contributed by atoms with Crippen molar-refractivity contribution in [3.05, 3.63) is 17.7 Å². The van der Waals surface area contributed by atoms with E-state index in [9.17, 15) is 10.2 Å². The van der Waals surface area contributed by atoms with Crippen molar-refractivity contribution in [2.45, 2.75) is 44.3 Å². The fraction of sp³-hybridized carbons (Fsp3) is 0.444. The number of anilines is 2. The van der Waals surface area contributed by atoms with Crippen LogP contribution in [0, 0.1) is 0 Å². The first-order chi connectivity index (χ1) is 14.0. The average Bonchev–Trinajstić information content (AvgIpc) is 3.18. The van der Waals surface area contributed by atoms with Crippen molar-refractivity contribution >= 4 is 22.9 Å². The van der Waals surface area contributed by atoms with Crippen molar-refractivity contribution in [2.24, 2.45) is 5.73 Å². The number of aromatic amines is 1. The van der Waals surface area contributed by atoms with E-state index < -0.39 is 0 Å². The molecule has 29 heavy (non-hydrogen) atoms. The smallest absolute Gasteiger partial charge is 0.227 e. The molecule has 0 radical (unpaired) electrons. The maximum atomic E-state index is 10.2. The van der Waals surface area contributed by atoms with Crippen LogP contribution in [-0.2, 0) is 6.54 Å². The molecule has 2 heterocycles. The standard InChI is InChI=1S/C18H24N8O3/c1-29-14-7-12(27)9(6-13(14)28)8-20-16-15-17(25-26-24-15)23-18(22-16)21-11-4-2-10(19)3-5-11/h6-7,10-11,27-28H,2-5,8,19H2,1H3,(H3,20,21,22,23,24,25,26). The highest BCUT2D eigenvalue weighted by Gasteiger charge is 2.20. The molecule has 0 unspecified atom stereocenters. The average molecular weight is 400 g/mol. The fourth-order valence-electron chi connectivity index (χ4n) is 3.47. The Kier molecular flexibility index (Phi) is 5.21. The van der Waals surface area contributed by atoms with E-state index in [-0.39, 0.29) is 35.9 Å². The summed E-state index contributed by atoms with van der Waals surface area (Å²) in [6, 6.07) is 3.32. The number of nitrogens with two attached hydrogens (primary N) is 1. The summed E-state index contributed by atoms with van der Waals surface area (Å²) in [7, 11) is 1.42. The summed E-state index contributed by atoms with van der Waals surface area (Å²) in [4.78, 5) is 8.97. The van der Waals surface area contributed by atoms with Gasteiger partial charge in [0.2, 0.25) is 5.95 Å². The van der Waals surface area contributed by atoms with E-state index in [0.29, 0.717) is 28.5 Å². The number of hydrogen-bond donors (Lipinski definition) is 6. The molecule has 0 amide bonds. The zero-order valence-electron chi connectivity index (χ0n) is 16.0. The van der Waals surface area contributed by atoms with Crippen LogP contribution in [-0.4, -0.2) is 54.8 Å². The topological polar surface area (TPSA) is 167 Å². The van der Waals surface area contributed by atoms with Gasteiger partial charge < -0.3 is 31.3 Å². The van der Waals surface area contributed by atoms with Crippen LogP contribution in [0.15, 0.2) is 12.1 Å². The largest absolute Gasteiger partial charge is 0.507 e. The number of hydrogen-bond acceptors (Lipinski definition) is 10. The molecule has 2 aromatic heterocycles. The van der Waals surface area contributed by atoms with E-state index in [4.69, 9.17) is 10.5 Å². The van der Waals surface area contributed by atoms with Crippen LogP contribution in [0.2, 0.25) is 0 Å². The van der Waals surface area contributed by atoms with Gasteiger partial charge in [0.25, 0.3) is 0 Å². The van der Waals surface area contributed by atoms with Gasteiger partial charge in [-0.2, -0.15) is 9.97 Å². The maximum Gasteiger partial charge on any atom is 0.227 e. The first-order valence-corrected chi connectivity index (χ1v) is 9.47. The number of nitrogens with one attached hydrogen (secondary N) is 3. The molecule has 4 rings (SSSR count). The van der Waals surface area contributed by atoms with E-state index in [1.54, 1.807) is 0 Å². The Bertz CT molecular complexity index is 1000. The van der Waals surface area contributed by atoms with Crippen molar-refractivity contribution in [2.75, 3.05) is 17.7 Å². The Morgan fingerprint density at radius 2 is 1.97 bits per heavy atom. The lowest BCUT2D eigenvalue weighted by Gasteiger charge is -2.26. The number of H-pyrrole nitrogens is 1. The SMILES string of the molecule is COc1cc(O)c(CNc2nc(NC3CCC(N)CC3)nc3[nH]nnc23)cc1O. The van der Waals surface area contributed by atoms with Gasteiger partial charge in [-0.15, -0.1) is 5.10 Å². The Hall–Kier alpha value is -3.34. The van der Waals surface area contributed by atoms with Crippen LogP contribution in [0.3, 0.4) is 0 Å². The number of phenolic OH excluding ortho intramolecular Hbond substituents is 2. The number of aromatic nitrogens is 5. The molecule has 1 aromatic carbocycles. The number of rotatable bonds is 6. The molecule has 7 N–H and O–H groups in total. The fourth-order valence-corrected chi connectivity index (χ4v) is 3.47. The van der Waals surface area contributed by atoms with Gasteiger partial charge >= 0.3 is 0 Å². The summed E-state index contributed by atoms with van der Waals surface area (Å²) in [5.41, 5.74) is 7.44. The highest BCUT2D eigenvalue weighted by Crippen LogP contribution is 2.33. The summed E-state index contributed by atoms with van der Waals surface area (Å²) >= 11 is 0. The first-order valence-electron chi connectivity index (χ1n) is 9.47. The molecule has 1 saturated carbocycles. The van der Waals surface area contributed by atoms with E-state index in [2.05, 4.69) is 36.0 Å². The lowest BCUT2D eigenvalue weighted by molar-refractivity contribution is 0.367. The first kappa shape index (κ1) is 19.0. The zero-order chi connectivity index (χ0) is 20.4. The van der Waals surface area contributed by atoms with E-state index in [1.165, 1.54) is 19.2 Å². The molecule has 1 aliphatic carbocycles. The number of phenols is 2. The molecule has 3 aromatic rings. The number of methoxy groups -OCH3 is 1. The maximum absolute atomic E-state index is 10.2. The van der Waals surface area contributed by atoms with Crippen LogP contribution < -0.4 is 21.1 Å². The highest BCUT2D eigenvalue weighted by molar-refractivity contribution is 5.83.